The number of nitrogens with zero attached hydrogens (tertiary/aromatic N) is 3. The highest BCUT2D eigenvalue weighted by molar-refractivity contribution is 5.46. The van der Waals surface area contributed by atoms with Gasteiger partial charge in [0.25, 0.3) is 5.88 Å². The number of anilines is 1. The Morgan fingerprint density at radius 2 is 1.72 bits per heavy atom. The molecule has 3 heterocycles. The molecule has 4 rings (SSSR count). The van der Waals surface area contributed by atoms with Crippen LogP contribution in [0.4, 0.5) is 5.69 Å². The lowest BCUT2D eigenvalue weighted by Gasteiger charge is -2.43. The van der Waals surface area contributed by atoms with Gasteiger partial charge in [0.2, 0.25) is 0 Å². The third-order valence-corrected chi connectivity index (χ3v) is 6.02. The predicted molar refractivity (Wildman–Crippen MR) is 94.6 cm³/mol. The number of aliphatic hydroxyl groups excluding tert-OH is 1. The smallest absolute Gasteiger partial charge is 0.256 e. The molecule has 2 bridgehead atoms. The monoisotopic (exact) mass is 350 g/mol. The van der Waals surface area contributed by atoms with Crippen molar-refractivity contribution < 1.29 is 14.6 Å². The van der Waals surface area contributed by atoms with E-state index in [1.807, 2.05) is 10.9 Å². The lowest BCUT2D eigenvalue weighted by atomic mass is 9.89. The third kappa shape index (κ3) is 3.50. The number of rotatable bonds is 6. The van der Waals surface area contributed by atoms with Gasteiger partial charge in [0.05, 0.1) is 32.1 Å². The number of hydrogen-bond donors (Lipinski definition) is 2. The summed E-state index contributed by atoms with van der Waals surface area (Å²) < 4.78 is 13.3. The molecule has 140 valence electrons. The Bertz CT molecular complexity index is 555. The van der Waals surface area contributed by atoms with Crippen molar-refractivity contribution in [2.24, 2.45) is 0 Å². The maximum Gasteiger partial charge on any atom is 0.256 e. The molecule has 7 heteroatoms. The second-order valence-corrected chi connectivity index (χ2v) is 7.63. The number of fused-ring (bicyclic) bond motifs is 2. The van der Waals surface area contributed by atoms with Crippen molar-refractivity contribution >= 4 is 5.69 Å². The van der Waals surface area contributed by atoms with Crippen LogP contribution in [-0.2, 0) is 4.74 Å². The molecule has 3 fully saturated rings. The average Bonchev–Trinajstić information content (AvgIpc) is 3.12. The van der Waals surface area contributed by atoms with Crippen molar-refractivity contribution in [3.8, 4) is 5.88 Å². The average molecular weight is 350 g/mol. The summed E-state index contributed by atoms with van der Waals surface area (Å²) >= 11 is 0. The van der Waals surface area contributed by atoms with Crippen LogP contribution in [0.5, 0.6) is 5.88 Å². The van der Waals surface area contributed by atoms with Crippen LogP contribution in [0, 0.1) is 0 Å². The third-order valence-electron chi connectivity index (χ3n) is 6.02. The number of hydrogen-bond acceptors (Lipinski definition) is 6. The fourth-order valence-electron chi connectivity index (χ4n) is 4.80. The number of aromatic nitrogens is 2. The first kappa shape index (κ1) is 17.1. The van der Waals surface area contributed by atoms with Crippen LogP contribution in [0.25, 0.3) is 0 Å². The quantitative estimate of drug-likeness (QED) is 0.758. The lowest BCUT2D eigenvalue weighted by molar-refractivity contribution is -0.0458. The minimum atomic E-state index is 0.119. The van der Waals surface area contributed by atoms with Gasteiger partial charge in [-0.05, 0) is 38.5 Å². The van der Waals surface area contributed by atoms with Gasteiger partial charge in [-0.3, -0.25) is 9.58 Å². The molecule has 7 nitrogen and oxygen atoms in total. The highest BCUT2D eigenvalue weighted by atomic mass is 16.5. The Morgan fingerprint density at radius 1 is 1.08 bits per heavy atom. The predicted octanol–water partition coefficient (Wildman–Crippen LogP) is 1.57. The molecule has 0 radical (unpaired) electrons. The molecule has 0 amide bonds. The normalized spacial score (nSPS) is 32.8. The van der Waals surface area contributed by atoms with Crippen LogP contribution in [-0.4, -0.2) is 64.3 Å². The Morgan fingerprint density at radius 3 is 2.40 bits per heavy atom. The molecule has 0 spiro atoms. The summed E-state index contributed by atoms with van der Waals surface area (Å²) in [4.78, 5) is 2.76. The zero-order chi connectivity index (χ0) is 17.2. The summed E-state index contributed by atoms with van der Waals surface area (Å²) in [5.74, 6) is 0.502. The first-order valence-corrected chi connectivity index (χ1v) is 9.69. The maximum atomic E-state index is 8.85. The van der Waals surface area contributed by atoms with Crippen molar-refractivity contribution in [2.45, 2.75) is 69.1 Å². The molecule has 0 aromatic carbocycles. The van der Waals surface area contributed by atoms with E-state index >= 15 is 0 Å². The summed E-state index contributed by atoms with van der Waals surface area (Å²) in [6.07, 6.45) is 9.81. The molecule has 3 N–H and O–H groups in total. The van der Waals surface area contributed by atoms with Crippen molar-refractivity contribution in [1.82, 2.24) is 14.7 Å². The van der Waals surface area contributed by atoms with Crippen LogP contribution >= 0.6 is 0 Å². The van der Waals surface area contributed by atoms with Gasteiger partial charge in [-0.1, -0.05) is 0 Å². The van der Waals surface area contributed by atoms with E-state index in [0.29, 0.717) is 48.8 Å². The topological polar surface area (TPSA) is 85.8 Å². The standard InChI is InChI=1S/C18H30N4O3/c19-17-10-21(20-18(17)25-9-1-8-23)13-2-4-14(5-3-13)22-15-6-7-16(22)12-24-11-15/h10,13-16,23H,1-9,11-12,19H2/t13?,14?,15-,16?/m1/s1. The van der Waals surface area contributed by atoms with Crippen molar-refractivity contribution in [2.75, 3.05) is 32.2 Å². The van der Waals surface area contributed by atoms with Crippen LogP contribution in [0.15, 0.2) is 6.20 Å². The van der Waals surface area contributed by atoms with Gasteiger partial charge < -0.3 is 20.3 Å². The SMILES string of the molecule is Nc1cn(C2CCC(N3C4CC[C@@H]3COC4)CC2)nc1OCCCO. The molecule has 1 aromatic rings. The number of ether oxygens (including phenoxy) is 2. The number of aliphatic hydroxyl groups is 1. The Labute approximate surface area is 149 Å². The zero-order valence-electron chi connectivity index (χ0n) is 14.8. The first-order chi connectivity index (χ1) is 12.3. The van der Waals surface area contributed by atoms with Gasteiger partial charge in [0, 0.05) is 31.2 Å². The Balaban J connectivity index is 1.33. The summed E-state index contributed by atoms with van der Waals surface area (Å²) in [5.41, 5.74) is 6.62. The van der Waals surface area contributed by atoms with Crippen LogP contribution < -0.4 is 10.5 Å². The molecule has 1 aromatic heterocycles. The van der Waals surface area contributed by atoms with Gasteiger partial charge in [0.15, 0.2) is 0 Å². The molecule has 2 saturated heterocycles. The van der Waals surface area contributed by atoms with Crippen LogP contribution in [0.1, 0.15) is 51.0 Å². The molecule has 1 aliphatic carbocycles. The zero-order valence-corrected chi connectivity index (χ0v) is 14.8. The number of nitrogens with two attached hydrogens (primary N) is 1. The van der Waals surface area contributed by atoms with Crippen LogP contribution in [0.2, 0.25) is 0 Å². The molecule has 3 aliphatic rings. The first-order valence-electron chi connectivity index (χ1n) is 9.69. The highest BCUT2D eigenvalue weighted by Crippen LogP contribution is 2.38. The molecular weight excluding hydrogens is 320 g/mol. The molecule has 25 heavy (non-hydrogen) atoms. The fourth-order valence-corrected chi connectivity index (χ4v) is 4.80. The molecule has 1 unspecified atom stereocenters. The van der Waals surface area contributed by atoms with Crippen molar-refractivity contribution in [3.05, 3.63) is 6.20 Å². The Hall–Kier alpha value is -1.31. The second kappa shape index (κ2) is 7.51. The molecule has 2 atom stereocenters. The Kier molecular flexibility index (Phi) is 5.15. The molecular formula is C18H30N4O3. The largest absolute Gasteiger partial charge is 0.475 e. The van der Waals surface area contributed by atoms with E-state index in [9.17, 15) is 0 Å². The van der Waals surface area contributed by atoms with Gasteiger partial charge >= 0.3 is 0 Å². The van der Waals surface area contributed by atoms with Crippen molar-refractivity contribution in [3.63, 3.8) is 0 Å². The summed E-state index contributed by atoms with van der Waals surface area (Å²) in [7, 11) is 0. The minimum absolute atomic E-state index is 0.119. The molecule has 2 aliphatic heterocycles. The number of nitrogen functional groups attached to an aromatic ring is 1. The van der Waals surface area contributed by atoms with E-state index in [4.69, 9.17) is 20.3 Å². The minimum Gasteiger partial charge on any atom is -0.475 e. The maximum absolute atomic E-state index is 8.85. The van der Waals surface area contributed by atoms with E-state index in [-0.39, 0.29) is 6.61 Å². The van der Waals surface area contributed by atoms with Gasteiger partial charge in [-0.2, -0.15) is 0 Å². The van der Waals surface area contributed by atoms with E-state index in [1.54, 1.807) is 0 Å². The fraction of sp³-hybridized carbons (Fsp3) is 0.833. The van der Waals surface area contributed by atoms with E-state index < -0.39 is 0 Å². The lowest BCUT2D eigenvalue weighted by Crippen LogP contribution is -2.52. The second-order valence-electron chi connectivity index (χ2n) is 7.63. The molecule has 1 saturated carbocycles. The number of morpholine rings is 1. The highest BCUT2D eigenvalue weighted by Gasteiger charge is 2.42. The summed E-state index contributed by atoms with van der Waals surface area (Å²) in [6.45, 7) is 2.40. The van der Waals surface area contributed by atoms with Gasteiger partial charge in [-0.15, -0.1) is 5.10 Å². The van der Waals surface area contributed by atoms with Crippen LogP contribution in [0.3, 0.4) is 0 Å². The van der Waals surface area contributed by atoms with E-state index in [0.717, 1.165) is 26.1 Å². The van der Waals surface area contributed by atoms with E-state index in [1.165, 1.54) is 25.7 Å². The van der Waals surface area contributed by atoms with E-state index in [2.05, 4.69) is 10.00 Å². The van der Waals surface area contributed by atoms with Crippen molar-refractivity contribution in [1.29, 1.82) is 0 Å². The van der Waals surface area contributed by atoms with Gasteiger partial charge in [0.1, 0.15) is 5.69 Å². The van der Waals surface area contributed by atoms with Gasteiger partial charge in [-0.25, -0.2) is 0 Å². The summed E-state index contributed by atoms with van der Waals surface area (Å²) in [5, 5.41) is 13.4. The summed E-state index contributed by atoms with van der Waals surface area (Å²) in [6, 6.07) is 2.40.